The number of primary amides is 1. The Morgan fingerprint density at radius 1 is 1.64 bits per heavy atom. The number of likely N-dealkylation sites (N-methyl/N-ethyl adjacent to an activating group) is 1. The Bertz CT molecular complexity index is 179. The van der Waals surface area contributed by atoms with Crippen LogP contribution >= 0.6 is 0 Å². The van der Waals surface area contributed by atoms with Crippen molar-refractivity contribution in [3.8, 4) is 0 Å². The molecule has 0 aromatic carbocycles. The predicted octanol–water partition coefficient (Wildman–Crippen LogP) is 0.220. The van der Waals surface area contributed by atoms with E-state index in [9.17, 15) is 4.79 Å². The molecular formula is C10H20N2O2. The second kappa shape index (κ2) is 5.98. The normalized spacial score (nSPS) is 21.7. The van der Waals surface area contributed by atoms with E-state index in [0.717, 1.165) is 39.1 Å². The third-order valence-corrected chi connectivity index (χ3v) is 2.70. The Morgan fingerprint density at radius 3 is 2.93 bits per heavy atom. The van der Waals surface area contributed by atoms with Gasteiger partial charge >= 0.3 is 0 Å². The minimum atomic E-state index is -0.241. The molecule has 1 heterocycles. The molecule has 1 saturated heterocycles. The Hall–Kier alpha value is -0.610. The first-order valence-electron chi connectivity index (χ1n) is 5.30. The Balaban J connectivity index is 2.15. The fourth-order valence-corrected chi connectivity index (χ4v) is 1.75. The zero-order valence-corrected chi connectivity index (χ0v) is 8.87. The topological polar surface area (TPSA) is 55.6 Å². The van der Waals surface area contributed by atoms with Gasteiger partial charge in [-0.05, 0) is 31.8 Å². The van der Waals surface area contributed by atoms with E-state index in [1.807, 2.05) is 6.92 Å². The van der Waals surface area contributed by atoms with Gasteiger partial charge < -0.3 is 10.5 Å². The average Bonchev–Trinajstić information content (AvgIpc) is 2.64. The van der Waals surface area contributed by atoms with E-state index in [1.165, 1.54) is 0 Å². The minimum Gasteiger partial charge on any atom is -0.381 e. The molecule has 1 unspecified atom stereocenters. The smallest absolute Gasteiger partial charge is 0.231 e. The van der Waals surface area contributed by atoms with Crippen LogP contribution in [0.25, 0.3) is 0 Å². The van der Waals surface area contributed by atoms with Crippen molar-refractivity contribution in [3.05, 3.63) is 0 Å². The molecule has 0 aromatic heterocycles. The molecule has 1 amide bonds. The molecule has 0 bridgehead atoms. The van der Waals surface area contributed by atoms with Crippen LogP contribution in [0.3, 0.4) is 0 Å². The van der Waals surface area contributed by atoms with E-state index >= 15 is 0 Å². The summed E-state index contributed by atoms with van der Waals surface area (Å²) in [6, 6.07) is 0. The number of nitrogens with two attached hydrogens (primary N) is 1. The summed E-state index contributed by atoms with van der Waals surface area (Å²) in [4.78, 5) is 12.8. The number of ether oxygens (including phenoxy) is 1. The second-order valence-electron chi connectivity index (χ2n) is 3.85. The zero-order chi connectivity index (χ0) is 10.4. The maximum Gasteiger partial charge on any atom is 0.231 e. The van der Waals surface area contributed by atoms with Gasteiger partial charge in [0.25, 0.3) is 0 Å². The van der Waals surface area contributed by atoms with Gasteiger partial charge in [0.1, 0.15) is 0 Å². The molecule has 82 valence electrons. The number of carbonyl (C=O) groups excluding carboxylic acids is 1. The summed E-state index contributed by atoms with van der Waals surface area (Å²) in [7, 11) is 0. The molecule has 1 fully saturated rings. The summed E-state index contributed by atoms with van der Waals surface area (Å²) in [6.07, 6.45) is 2.27. The number of hydrogen-bond donors (Lipinski definition) is 1. The number of hydrogen-bond acceptors (Lipinski definition) is 3. The van der Waals surface area contributed by atoms with Gasteiger partial charge in [0, 0.05) is 13.2 Å². The lowest BCUT2D eigenvalue weighted by atomic mass is 10.1. The van der Waals surface area contributed by atoms with Gasteiger partial charge in [-0.15, -0.1) is 0 Å². The van der Waals surface area contributed by atoms with Crippen LogP contribution in [0.1, 0.15) is 19.8 Å². The lowest BCUT2D eigenvalue weighted by Gasteiger charge is -2.19. The van der Waals surface area contributed by atoms with Crippen LogP contribution in [0.4, 0.5) is 0 Å². The highest BCUT2D eigenvalue weighted by Crippen LogP contribution is 2.16. The number of nitrogens with zero attached hydrogens (tertiary/aromatic N) is 1. The molecule has 1 rings (SSSR count). The lowest BCUT2D eigenvalue weighted by molar-refractivity contribution is -0.119. The van der Waals surface area contributed by atoms with Gasteiger partial charge in [-0.2, -0.15) is 0 Å². The maximum absolute atomic E-state index is 10.7. The summed E-state index contributed by atoms with van der Waals surface area (Å²) in [6.45, 7) is 6.04. The van der Waals surface area contributed by atoms with Crippen LogP contribution < -0.4 is 5.73 Å². The van der Waals surface area contributed by atoms with Crippen LogP contribution in [0.5, 0.6) is 0 Å². The van der Waals surface area contributed by atoms with E-state index in [0.29, 0.717) is 12.5 Å². The molecule has 2 N–H and O–H groups in total. The molecule has 0 saturated carbocycles. The molecular weight excluding hydrogens is 180 g/mol. The van der Waals surface area contributed by atoms with Crippen molar-refractivity contribution >= 4 is 5.91 Å². The van der Waals surface area contributed by atoms with E-state index < -0.39 is 0 Å². The van der Waals surface area contributed by atoms with E-state index in [-0.39, 0.29) is 5.91 Å². The van der Waals surface area contributed by atoms with Crippen molar-refractivity contribution in [1.29, 1.82) is 0 Å². The number of amides is 1. The van der Waals surface area contributed by atoms with Crippen LogP contribution in [0.15, 0.2) is 0 Å². The molecule has 1 aliphatic heterocycles. The highest BCUT2D eigenvalue weighted by molar-refractivity contribution is 5.75. The average molecular weight is 200 g/mol. The van der Waals surface area contributed by atoms with E-state index in [1.54, 1.807) is 0 Å². The van der Waals surface area contributed by atoms with Crippen molar-refractivity contribution in [2.75, 3.05) is 32.8 Å². The van der Waals surface area contributed by atoms with Gasteiger partial charge in [0.2, 0.25) is 5.91 Å². The standard InChI is InChI=1S/C10H20N2O2/c1-2-12(7-10(11)13)5-3-9-4-6-14-8-9/h9H,2-8H2,1H3,(H2,11,13). The molecule has 0 aromatic rings. The maximum atomic E-state index is 10.7. The third kappa shape index (κ3) is 4.07. The quantitative estimate of drug-likeness (QED) is 0.667. The highest BCUT2D eigenvalue weighted by atomic mass is 16.5. The van der Waals surface area contributed by atoms with Gasteiger partial charge in [0.05, 0.1) is 6.54 Å². The second-order valence-corrected chi connectivity index (χ2v) is 3.85. The predicted molar refractivity (Wildman–Crippen MR) is 54.9 cm³/mol. The lowest BCUT2D eigenvalue weighted by Crippen LogP contribution is -2.35. The van der Waals surface area contributed by atoms with Crippen LogP contribution in [-0.2, 0) is 9.53 Å². The first-order valence-corrected chi connectivity index (χ1v) is 5.30. The first-order chi connectivity index (χ1) is 6.72. The summed E-state index contributed by atoms with van der Waals surface area (Å²) < 4.78 is 5.29. The highest BCUT2D eigenvalue weighted by Gasteiger charge is 2.16. The van der Waals surface area contributed by atoms with Crippen molar-refractivity contribution in [2.24, 2.45) is 11.7 Å². The van der Waals surface area contributed by atoms with Gasteiger partial charge in [-0.1, -0.05) is 6.92 Å². The Kier molecular flexibility index (Phi) is 4.90. The molecule has 1 atom stereocenters. The summed E-state index contributed by atoms with van der Waals surface area (Å²) in [5, 5.41) is 0. The first kappa shape index (κ1) is 11.5. The SMILES string of the molecule is CCN(CCC1CCOC1)CC(N)=O. The van der Waals surface area contributed by atoms with Gasteiger partial charge in [-0.25, -0.2) is 0 Å². The van der Waals surface area contributed by atoms with E-state index in [2.05, 4.69) is 4.90 Å². The van der Waals surface area contributed by atoms with Crippen molar-refractivity contribution in [1.82, 2.24) is 4.90 Å². The largest absolute Gasteiger partial charge is 0.381 e. The number of rotatable bonds is 6. The van der Waals surface area contributed by atoms with Crippen molar-refractivity contribution in [2.45, 2.75) is 19.8 Å². The molecule has 4 heteroatoms. The van der Waals surface area contributed by atoms with Crippen molar-refractivity contribution in [3.63, 3.8) is 0 Å². The minimum absolute atomic E-state index is 0.241. The van der Waals surface area contributed by atoms with Gasteiger partial charge in [-0.3, -0.25) is 9.69 Å². The van der Waals surface area contributed by atoms with E-state index in [4.69, 9.17) is 10.5 Å². The third-order valence-electron chi connectivity index (χ3n) is 2.70. The monoisotopic (exact) mass is 200 g/mol. The summed E-state index contributed by atoms with van der Waals surface area (Å²) in [5.74, 6) is 0.437. The van der Waals surface area contributed by atoms with Crippen LogP contribution in [-0.4, -0.2) is 43.7 Å². The Labute approximate surface area is 85.4 Å². The fraction of sp³-hybridized carbons (Fsp3) is 0.900. The zero-order valence-electron chi connectivity index (χ0n) is 8.87. The molecule has 0 radical (unpaired) electrons. The van der Waals surface area contributed by atoms with Crippen LogP contribution in [0.2, 0.25) is 0 Å². The number of carbonyl (C=O) groups is 1. The molecule has 14 heavy (non-hydrogen) atoms. The van der Waals surface area contributed by atoms with Crippen molar-refractivity contribution < 1.29 is 9.53 Å². The summed E-state index contributed by atoms with van der Waals surface area (Å²) in [5.41, 5.74) is 5.15. The Morgan fingerprint density at radius 2 is 2.43 bits per heavy atom. The molecule has 4 nitrogen and oxygen atoms in total. The molecule has 0 spiro atoms. The van der Waals surface area contributed by atoms with Gasteiger partial charge in [0.15, 0.2) is 0 Å². The molecule has 1 aliphatic rings. The van der Waals surface area contributed by atoms with Crippen LogP contribution in [0, 0.1) is 5.92 Å². The fourth-order valence-electron chi connectivity index (χ4n) is 1.75. The summed E-state index contributed by atoms with van der Waals surface area (Å²) >= 11 is 0. The molecule has 0 aliphatic carbocycles.